The standard InChI is InChI=1S/C22H24N4O5S/c1-12(2)31-22(29)17-14(4)18(19(23)27)32-21(17)24-20(28)15-9-10-26(25-15)11-30-16-8-6-5-7-13(16)3/h5-10,12H,11H2,1-4H3,(H2,23,27)(H,24,28). The Hall–Kier alpha value is -3.66. The van der Waals surface area contributed by atoms with Gasteiger partial charge in [0.1, 0.15) is 10.8 Å². The number of amides is 2. The van der Waals surface area contributed by atoms with Crippen molar-refractivity contribution in [1.29, 1.82) is 0 Å². The van der Waals surface area contributed by atoms with E-state index in [1.807, 2.05) is 31.2 Å². The predicted octanol–water partition coefficient (Wildman–Crippen LogP) is 3.51. The second kappa shape index (κ2) is 9.65. The molecule has 0 spiro atoms. The van der Waals surface area contributed by atoms with Gasteiger partial charge in [-0.15, -0.1) is 11.3 Å². The first-order chi connectivity index (χ1) is 15.2. The van der Waals surface area contributed by atoms with Crippen LogP contribution in [-0.2, 0) is 11.5 Å². The van der Waals surface area contributed by atoms with E-state index in [1.54, 1.807) is 27.0 Å². The van der Waals surface area contributed by atoms with Crippen molar-refractivity contribution in [3.8, 4) is 5.75 Å². The number of nitrogens with one attached hydrogen (secondary N) is 1. The van der Waals surface area contributed by atoms with Gasteiger partial charge in [-0.2, -0.15) is 5.10 Å². The van der Waals surface area contributed by atoms with Crippen LogP contribution >= 0.6 is 11.3 Å². The van der Waals surface area contributed by atoms with Crippen molar-refractivity contribution in [1.82, 2.24) is 9.78 Å². The number of nitrogens with zero attached hydrogens (tertiary/aromatic N) is 2. The zero-order valence-corrected chi connectivity index (χ0v) is 19.0. The number of para-hydroxylation sites is 1. The molecule has 0 unspecified atom stereocenters. The number of aryl methyl sites for hydroxylation is 1. The molecule has 3 N–H and O–H groups in total. The number of rotatable bonds is 8. The lowest BCUT2D eigenvalue weighted by atomic mass is 10.1. The summed E-state index contributed by atoms with van der Waals surface area (Å²) in [6.07, 6.45) is 1.24. The molecular formula is C22H24N4O5S. The van der Waals surface area contributed by atoms with Gasteiger partial charge in [-0.3, -0.25) is 9.59 Å². The fourth-order valence-corrected chi connectivity index (χ4v) is 3.97. The third kappa shape index (κ3) is 5.14. The van der Waals surface area contributed by atoms with Crippen molar-refractivity contribution in [2.45, 2.75) is 40.5 Å². The first kappa shape index (κ1) is 23.0. The molecule has 2 aromatic heterocycles. The first-order valence-electron chi connectivity index (χ1n) is 9.84. The molecule has 1 aromatic carbocycles. The Kier molecular flexibility index (Phi) is 6.94. The third-order valence-electron chi connectivity index (χ3n) is 4.46. The quantitative estimate of drug-likeness (QED) is 0.500. The zero-order chi connectivity index (χ0) is 23.4. The fourth-order valence-electron chi connectivity index (χ4n) is 2.93. The molecule has 0 bridgehead atoms. The van der Waals surface area contributed by atoms with Crippen molar-refractivity contribution in [3.05, 3.63) is 63.8 Å². The summed E-state index contributed by atoms with van der Waals surface area (Å²) in [4.78, 5) is 37.2. The molecule has 2 heterocycles. The van der Waals surface area contributed by atoms with Crippen LogP contribution in [-0.4, -0.2) is 33.7 Å². The molecule has 0 saturated heterocycles. The Balaban J connectivity index is 1.77. The van der Waals surface area contributed by atoms with E-state index in [2.05, 4.69) is 10.4 Å². The SMILES string of the molecule is Cc1ccccc1OCn1ccc(C(=O)Nc2sc(C(N)=O)c(C)c2C(=O)OC(C)C)n1. The second-order valence-corrected chi connectivity index (χ2v) is 8.33. The summed E-state index contributed by atoms with van der Waals surface area (Å²) in [6.45, 7) is 7.05. The van der Waals surface area contributed by atoms with Gasteiger partial charge in [-0.05, 0) is 51.0 Å². The summed E-state index contributed by atoms with van der Waals surface area (Å²) < 4.78 is 12.5. The molecular weight excluding hydrogens is 432 g/mol. The maximum atomic E-state index is 12.8. The molecule has 3 aromatic rings. The summed E-state index contributed by atoms with van der Waals surface area (Å²) >= 11 is 0.922. The summed E-state index contributed by atoms with van der Waals surface area (Å²) in [7, 11) is 0. The Bertz CT molecular complexity index is 1170. The lowest BCUT2D eigenvalue weighted by Crippen LogP contribution is -2.18. The van der Waals surface area contributed by atoms with E-state index in [9.17, 15) is 14.4 Å². The highest BCUT2D eigenvalue weighted by atomic mass is 32.1. The predicted molar refractivity (Wildman–Crippen MR) is 120 cm³/mol. The number of primary amides is 1. The van der Waals surface area contributed by atoms with Crippen LogP contribution in [0.15, 0.2) is 36.5 Å². The van der Waals surface area contributed by atoms with Gasteiger partial charge >= 0.3 is 5.97 Å². The number of nitrogens with two attached hydrogens (primary N) is 1. The van der Waals surface area contributed by atoms with Gasteiger partial charge < -0.3 is 20.5 Å². The van der Waals surface area contributed by atoms with E-state index in [1.165, 1.54) is 10.7 Å². The Morgan fingerprint density at radius 3 is 2.56 bits per heavy atom. The monoisotopic (exact) mass is 456 g/mol. The molecule has 3 rings (SSSR count). The van der Waals surface area contributed by atoms with Crippen LogP contribution in [0.2, 0.25) is 0 Å². The summed E-state index contributed by atoms with van der Waals surface area (Å²) in [5.74, 6) is -1.16. The fraction of sp³-hybridized carbons (Fsp3) is 0.273. The molecule has 0 aliphatic rings. The van der Waals surface area contributed by atoms with Gasteiger partial charge in [0.2, 0.25) is 0 Å². The number of thiophene rings is 1. The van der Waals surface area contributed by atoms with Crippen LogP contribution < -0.4 is 15.8 Å². The highest BCUT2D eigenvalue weighted by Gasteiger charge is 2.27. The number of aromatic nitrogens is 2. The van der Waals surface area contributed by atoms with Crippen molar-refractivity contribution < 1.29 is 23.9 Å². The minimum atomic E-state index is -0.691. The van der Waals surface area contributed by atoms with Gasteiger partial charge in [0.15, 0.2) is 12.4 Å². The van der Waals surface area contributed by atoms with Crippen molar-refractivity contribution in [2.24, 2.45) is 5.73 Å². The number of hydrogen-bond donors (Lipinski definition) is 2. The van der Waals surface area contributed by atoms with Gasteiger partial charge in [-0.1, -0.05) is 18.2 Å². The Morgan fingerprint density at radius 2 is 1.91 bits per heavy atom. The molecule has 10 heteroatoms. The van der Waals surface area contributed by atoms with E-state index >= 15 is 0 Å². The number of anilines is 1. The van der Waals surface area contributed by atoms with Crippen molar-refractivity contribution in [2.75, 3.05) is 5.32 Å². The van der Waals surface area contributed by atoms with Gasteiger partial charge in [0.25, 0.3) is 11.8 Å². The number of carbonyl (C=O) groups excluding carboxylic acids is 3. The van der Waals surface area contributed by atoms with Crippen LogP contribution in [0.25, 0.3) is 0 Å². The topological polar surface area (TPSA) is 126 Å². The van der Waals surface area contributed by atoms with Crippen molar-refractivity contribution >= 4 is 34.1 Å². The van der Waals surface area contributed by atoms with Crippen LogP contribution in [0, 0.1) is 13.8 Å². The van der Waals surface area contributed by atoms with Crippen molar-refractivity contribution in [3.63, 3.8) is 0 Å². The molecule has 0 fully saturated rings. The molecule has 0 saturated carbocycles. The Morgan fingerprint density at radius 1 is 1.19 bits per heavy atom. The van der Waals surface area contributed by atoms with E-state index in [0.717, 1.165) is 22.6 Å². The highest BCUT2D eigenvalue weighted by Crippen LogP contribution is 2.34. The number of esters is 1. The molecule has 0 aliphatic carbocycles. The van der Waals surface area contributed by atoms with Crippen LogP contribution in [0.1, 0.15) is 55.5 Å². The average molecular weight is 457 g/mol. The summed E-state index contributed by atoms with van der Waals surface area (Å²) in [5, 5.41) is 7.04. The number of ether oxygens (including phenoxy) is 2. The molecule has 168 valence electrons. The Labute approximate surface area is 189 Å². The highest BCUT2D eigenvalue weighted by molar-refractivity contribution is 7.18. The maximum Gasteiger partial charge on any atom is 0.341 e. The van der Waals surface area contributed by atoms with E-state index in [4.69, 9.17) is 15.2 Å². The van der Waals surface area contributed by atoms with Crippen LogP contribution in [0.3, 0.4) is 0 Å². The van der Waals surface area contributed by atoms with E-state index in [-0.39, 0.29) is 34.0 Å². The first-order valence-corrected chi connectivity index (χ1v) is 10.7. The lowest BCUT2D eigenvalue weighted by Gasteiger charge is -2.10. The molecule has 32 heavy (non-hydrogen) atoms. The van der Waals surface area contributed by atoms with Crippen LogP contribution in [0.4, 0.5) is 5.00 Å². The minimum absolute atomic E-state index is 0.105. The van der Waals surface area contributed by atoms with Crippen LogP contribution in [0.5, 0.6) is 5.75 Å². The molecule has 2 amide bonds. The summed E-state index contributed by atoms with van der Waals surface area (Å²) in [5.41, 5.74) is 6.98. The van der Waals surface area contributed by atoms with Gasteiger partial charge in [0.05, 0.1) is 16.5 Å². The maximum absolute atomic E-state index is 12.8. The smallest absolute Gasteiger partial charge is 0.341 e. The number of carbonyl (C=O) groups is 3. The van der Waals surface area contributed by atoms with Gasteiger partial charge in [-0.25, -0.2) is 9.48 Å². The second-order valence-electron chi connectivity index (χ2n) is 7.31. The average Bonchev–Trinajstić information content (AvgIpc) is 3.31. The zero-order valence-electron chi connectivity index (χ0n) is 18.2. The minimum Gasteiger partial charge on any atom is -0.471 e. The molecule has 0 atom stereocenters. The number of hydrogen-bond acceptors (Lipinski definition) is 7. The molecule has 0 aliphatic heterocycles. The summed E-state index contributed by atoms with van der Waals surface area (Å²) in [6, 6.07) is 9.09. The van der Waals surface area contributed by atoms with E-state index in [0.29, 0.717) is 5.56 Å². The van der Waals surface area contributed by atoms with Gasteiger partial charge in [0, 0.05) is 6.20 Å². The van der Waals surface area contributed by atoms with E-state index < -0.39 is 17.8 Å². The third-order valence-corrected chi connectivity index (χ3v) is 5.69. The molecule has 0 radical (unpaired) electrons. The number of benzene rings is 1. The molecule has 9 nitrogen and oxygen atoms in total. The largest absolute Gasteiger partial charge is 0.471 e. The normalized spacial score (nSPS) is 10.8. The lowest BCUT2D eigenvalue weighted by molar-refractivity contribution is 0.0379.